The number of para-hydroxylation sites is 1. The van der Waals surface area contributed by atoms with Gasteiger partial charge >= 0.3 is 0 Å². The number of rotatable bonds is 7. The lowest BCUT2D eigenvalue weighted by Crippen LogP contribution is -2.31. The zero-order valence-corrected chi connectivity index (χ0v) is 11.8. The molecular formula is C16H26N2. The molecule has 0 radical (unpaired) electrons. The van der Waals surface area contributed by atoms with E-state index in [-0.39, 0.29) is 0 Å². The minimum atomic E-state index is 0.705. The minimum absolute atomic E-state index is 0.705. The summed E-state index contributed by atoms with van der Waals surface area (Å²) in [5.41, 5.74) is 2.98. The number of nitrogens with zero attached hydrogens (tertiary/aromatic N) is 1. The van der Waals surface area contributed by atoms with Crippen molar-refractivity contribution < 1.29 is 0 Å². The van der Waals surface area contributed by atoms with E-state index in [2.05, 4.69) is 48.3 Å². The van der Waals surface area contributed by atoms with Gasteiger partial charge in [0.2, 0.25) is 0 Å². The SMILES string of the molecule is CCC(CC)NCCCN1CCc2ccccc21. The minimum Gasteiger partial charge on any atom is -0.371 e. The van der Waals surface area contributed by atoms with Crippen LogP contribution < -0.4 is 10.2 Å². The van der Waals surface area contributed by atoms with Gasteiger partial charge in [-0.2, -0.15) is 0 Å². The van der Waals surface area contributed by atoms with Crippen LogP contribution in [0.1, 0.15) is 38.7 Å². The van der Waals surface area contributed by atoms with Crippen molar-refractivity contribution in [3.63, 3.8) is 0 Å². The van der Waals surface area contributed by atoms with E-state index >= 15 is 0 Å². The molecule has 0 unspecified atom stereocenters. The van der Waals surface area contributed by atoms with Crippen LogP contribution in [-0.2, 0) is 6.42 Å². The molecule has 0 aliphatic carbocycles. The largest absolute Gasteiger partial charge is 0.371 e. The van der Waals surface area contributed by atoms with E-state index in [4.69, 9.17) is 0 Å². The van der Waals surface area contributed by atoms with E-state index < -0.39 is 0 Å². The Hall–Kier alpha value is -1.02. The topological polar surface area (TPSA) is 15.3 Å². The fourth-order valence-corrected chi connectivity index (χ4v) is 2.79. The third-order valence-electron chi connectivity index (χ3n) is 4.01. The van der Waals surface area contributed by atoms with Crippen LogP contribution in [0.3, 0.4) is 0 Å². The summed E-state index contributed by atoms with van der Waals surface area (Å²) in [7, 11) is 0. The first kappa shape index (κ1) is 13.4. The Balaban J connectivity index is 1.72. The molecule has 0 atom stereocenters. The zero-order valence-electron chi connectivity index (χ0n) is 11.8. The number of hydrogen-bond donors (Lipinski definition) is 1. The monoisotopic (exact) mass is 246 g/mol. The van der Waals surface area contributed by atoms with Crippen molar-refractivity contribution in [1.29, 1.82) is 0 Å². The summed E-state index contributed by atoms with van der Waals surface area (Å²) in [5.74, 6) is 0. The van der Waals surface area contributed by atoms with Crippen molar-refractivity contribution in [2.45, 2.75) is 45.6 Å². The predicted molar refractivity (Wildman–Crippen MR) is 79.3 cm³/mol. The van der Waals surface area contributed by atoms with Crippen LogP contribution in [0.15, 0.2) is 24.3 Å². The van der Waals surface area contributed by atoms with Crippen molar-refractivity contribution in [2.75, 3.05) is 24.5 Å². The van der Waals surface area contributed by atoms with Crippen LogP contribution in [0.5, 0.6) is 0 Å². The maximum absolute atomic E-state index is 3.64. The summed E-state index contributed by atoms with van der Waals surface area (Å²) in [4.78, 5) is 2.53. The molecule has 100 valence electrons. The lowest BCUT2D eigenvalue weighted by atomic mass is 10.1. The summed E-state index contributed by atoms with van der Waals surface area (Å²) in [6.45, 7) is 8.05. The Morgan fingerprint density at radius 3 is 2.78 bits per heavy atom. The summed E-state index contributed by atoms with van der Waals surface area (Å²) >= 11 is 0. The Bertz CT molecular complexity index is 358. The van der Waals surface area contributed by atoms with Crippen molar-refractivity contribution in [3.05, 3.63) is 29.8 Å². The standard InChI is InChI=1S/C16H26N2/c1-3-15(4-2)17-11-7-12-18-13-10-14-8-5-6-9-16(14)18/h5-6,8-9,15,17H,3-4,7,10-13H2,1-2H3. The Labute approximate surface area is 111 Å². The Kier molecular flexibility index (Phi) is 5.06. The van der Waals surface area contributed by atoms with E-state index in [1.54, 1.807) is 0 Å². The highest BCUT2D eigenvalue weighted by Crippen LogP contribution is 2.27. The number of nitrogens with one attached hydrogen (secondary N) is 1. The molecule has 0 spiro atoms. The van der Waals surface area contributed by atoms with Crippen LogP contribution in [0, 0.1) is 0 Å². The Morgan fingerprint density at radius 1 is 1.22 bits per heavy atom. The molecule has 0 bridgehead atoms. The van der Waals surface area contributed by atoms with Crippen LogP contribution in [-0.4, -0.2) is 25.7 Å². The molecule has 1 aliphatic heterocycles. The van der Waals surface area contributed by atoms with Crippen molar-refractivity contribution >= 4 is 5.69 Å². The molecule has 0 aromatic heterocycles. The van der Waals surface area contributed by atoms with Crippen molar-refractivity contribution in [3.8, 4) is 0 Å². The van der Waals surface area contributed by atoms with Crippen LogP contribution >= 0.6 is 0 Å². The van der Waals surface area contributed by atoms with Gasteiger partial charge in [-0.25, -0.2) is 0 Å². The average Bonchev–Trinajstić information content (AvgIpc) is 2.82. The van der Waals surface area contributed by atoms with Gasteiger partial charge in [0.1, 0.15) is 0 Å². The van der Waals surface area contributed by atoms with Crippen LogP contribution in [0.25, 0.3) is 0 Å². The molecule has 2 heteroatoms. The van der Waals surface area contributed by atoms with Gasteiger partial charge in [-0.1, -0.05) is 32.0 Å². The number of benzene rings is 1. The second-order valence-electron chi connectivity index (χ2n) is 5.19. The van der Waals surface area contributed by atoms with E-state index in [1.165, 1.54) is 50.0 Å². The van der Waals surface area contributed by atoms with Crippen LogP contribution in [0.4, 0.5) is 5.69 Å². The highest BCUT2D eigenvalue weighted by Gasteiger charge is 2.17. The van der Waals surface area contributed by atoms with Gasteiger partial charge in [-0.3, -0.25) is 0 Å². The lowest BCUT2D eigenvalue weighted by molar-refractivity contribution is 0.479. The van der Waals surface area contributed by atoms with E-state index in [9.17, 15) is 0 Å². The number of fused-ring (bicyclic) bond motifs is 1. The van der Waals surface area contributed by atoms with Gasteiger partial charge in [-0.05, 0) is 43.9 Å². The maximum atomic E-state index is 3.64. The third-order valence-corrected chi connectivity index (χ3v) is 4.01. The summed E-state index contributed by atoms with van der Waals surface area (Å²) in [6, 6.07) is 9.53. The zero-order chi connectivity index (χ0) is 12.8. The van der Waals surface area contributed by atoms with Gasteiger partial charge in [0.15, 0.2) is 0 Å². The number of hydrogen-bond acceptors (Lipinski definition) is 2. The highest BCUT2D eigenvalue weighted by molar-refractivity contribution is 5.57. The predicted octanol–water partition coefficient (Wildman–Crippen LogP) is 3.22. The fraction of sp³-hybridized carbons (Fsp3) is 0.625. The quantitative estimate of drug-likeness (QED) is 0.743. The second kappa shape index (κ2) is 6.79. The maximum Gasteiger partial charge on any atom is 0.0399 e. The second-order valence-corrected chi connectivity index (χ2v) is 5.19. The van der Waals surface area contributed by atoms with Gasteiger partial charge in [0, 0.05) is 24.8 Å². The van der Waals surface area contributed by atoms with E-state index in [1.807, 2.05) is 0 Å². The lowest BCUT2D eigenvalue weighted by Gasteiger charge is -2.20. The molecule has 1 aromatic carbocycles. The molecule has 1 aliphatic rings. The molecule has 0 saturated heterocycles. The smallest absolute Gasteiger partial charge is 0.0399 e. The van der Waals surface area contributed by atoms with Gasteiger partial charge < -0.3 is 10.2 Å². The van der Waals surface area contributed by atoms with E-state index in [0.717, 1.165) is 6.54 Å². The third kappa shape index (κ3) is 3.26. The first-order valence-electron chi connectivity index (χ1n) is 7.41. The summed E-state index contributed by atoms with van der Waals surface area (Å²) in [5, 5.41) is 3.64. The van der Waals surface area contributed by atoms with Gasteiger partial charge in [-0.15, -0.1) is 0 Å². The molecule has 1 aromatic rings. The van der Waals surface area contributed by atoms with E-state index in [0.29, 0.717) is 6.04 Å². The molecule has 1 heterocycles. The average molecular weight is 246 g/mol. The molecule has 1 N–H and O–H groups in total. The molecule has 18 heavy (non-hydrogen) atoms. The van der Waals surface area contributed by atoms with Crippen LogP contribution in [0.2, 0.25) is 0 Å². The first-order chi connectivity index (χ1) is 8.85. The summed E-state index contributed by atoms with van der Waals surface area (Å²) < 4.78 is 0. The molecule has 0 saturated carbocycles. The van der Waals surface area contributed by atoms with Gasteiger partial charge in [0.05, 0.1) is 0 Å². The summed E-state index contributed by atoms with van der Waals surface area (Å²) in [6.07, 6.45) is 4.94. The van der Waals surface area contributed by atoms with Crippen molar-refractivity contribution in [1.82, 2.24) is 5.32 Å². The highest BCUT2D eigenvalue weighted by atomic mass is 15.1. The molecule has 0 amide bonds. The first-order valence-corrected chi connectivity index (χ1v) is 7.41. The fourth-order valence-electron chi connectivity index (χ4n) is 2.79. The molecule has 0 fully saturated rings. The molecule has 2 rings (SSSR count). The normalized spacial score (nSPS) is 14.3. The molecular weight excluding hydrogens is 220 g/mol. The molecule has 2 nitrogen and oxygen atoms in total. The Morgan fingerprint density at radius 2 is 2.00 bits per heavy atom. The number of anilines is 1. The van der Waals surface area contributed by atoms with Gasteiger partial charge in [0.25, 0.3) is 0 Å². The van der Waals surface area contributed by atoms with Crippen molar-refractivity contribution in [2.24, 2.45) is 0 Å².